The molecule has 15 heavy (non-hydrogen) atoms. The van der Waals surface area contributed by atoms with Crippen LogP contribution in [0.1, 0.15) is 10.4 Å². The predicted molar refractivity (Wildman–Crippen MR) is 62.4 cm³/mol. The molecule has 0 N–H and O–H groups in total. The summed E-state index contributed by atoms with van der Waals surface area (Å²) in [5, 5.41) is 0.722. The second-order valence-corrected chi connectivity index (χ2v) is 4.07. The SMILES string of the molecule is CN(CCBr)C(=O)c1ccn(C)c(=O)c1. The van der Waals surface area contributed by atoms with Crippen molar-refractivity contribution >= 4 is 21.8 Å². The molecule has 0 aromatic carbocycles. The number of alkyl halides is 1. The highest BCUT2D eigenvalue weighted by Gasteiger charge is 2.11. The number of amides is 1. The molecule has 0 aliphatic carbocycles. The van der Waals surface area contributed by atoms with Crippen LogP contribution in [0.15, 0.2) is 23.1 Å². The maximum absolute atomic E-state index is 11.8. The summed E-state index contributed by atoms with van der Waals surface area (Å²) in [6.45, 7) is 0.619. The summed E-state index contributed by atoms with van der Waals surface area (Å²) < 4.78 is 1.43. The van der Waals surface area contributed by atoms with Crippen LogP contribution in [0.4, 0.5) is 0 Å². The van der Waals surface area contributed by atoms with Crippen molar-refractivity contribution in [3.63, 3.8) is 0 Å². The van der Waals surface area contributed by atoms with Crippen LogP contribution in [0.5, 0.6) is 0 Å². The van der Waals surface area contributed by atoms with Crippen molar-refractivity contribution in [2.24, 2.45) is 7.05 Å². The molecule has 0 saturated carbocycles. The lowest BCUT2D eigenvalue weighted by atomic mass is 10.2. The summed E-state index contributed by atoms with van der Waals surface area (Å²) in [5.41, 5.74) is 0.259. The molecule has 0 unspecified atom stereocenters. The molecule has 0 radical (unpaired) electrons. The minimum atomic E-state index is -0.173. The van der Waals surface area contributed by atoms with Crippen LogP contribution in [-0.2, 0) is 7.05 Å². The molecule has 0 atom stereocenters. The molecule has 0 saturated heterocycles. The topological polar surface area (TPSA) is 42.3 Å². The van der Waals surface area contributed by atoms with Gasteiger partial charge in [0.2, 0.25) is 0 Å². The molecule has 1 aromatic rings. The van der Waals surface area contributed by atoms with Crippen LogP contribution in [-0.4, -0.2) is 34.3 Å². The van der Waals surface area contributed by atoms with E-state index in [2.05, 4.69) is 15.9 Å². The highest BCUT2D eigenvalue weighted by atomic mass is 79.9. The Labute approximate surface area is 96.6 Å². The van der Waals surface area contributed by atoms with Crippen molar-refractivity contribution in [1.82, 2.24) is 9.47 Å². The Kier molecular flexibility index (Phi) is 4.08. The minimum Gasteiger partial charge on any atom is -0.341 e. The molecule has 0 spiro atoms. The number of carbonyl (C=O) groups is 1. The molecule has 1 heterocycles. The van der Waals surface area contributed by atoms with Gasteiger partial charge in [-0.1, -0.05) is 15.9 Å². The van der Waals surface area contributed by atoms with Gasteiger partial charge in [0, 0.05) is 43.8 Å². The van der Waals surface area contributed by atoms with E-state index in [-0.39, 0.29) is 11.5 Å². The zero-order valence-electron chi connectivity index (χ0n) is 8.74. The van der Waals surface area contributed by atoms with Crippen molar-refractivity contribution in [2.75, 3.05) is 18.9 Å². The first-order valence-electron chi connectivity index (χ1n) is 4.54. The van der Waals surface area contributed by atoms with E-state index >= 15 is 0 Å². The van der Waals surface area contributed by atoms with Gasteiger partial charge < -0.3 is 9.47 Å². The fraction of sp³-hybridized carbons (Fsp3) is 0.400. The first-order valence-corrected chi connectivity index (χ1v) is 5.66. The minimum absolute atomic E-state index is 0.132. The number of aromatic nitrogens is 1. The molecular formula is C10H13BrN2O2. The van der Waals surface area contributed by atoms with Crippen molar-refractivity contribution in [3.05, 3.63) is 34.2 Å². The first-order chi connectivity index (χ1) is 7.06. The zero-order chi connectivity index (χ0) is 11.4. The van der Waals surface area contributed by atoms with Gasteiger partial charge in [0.1, 0.15) is 0 Å². The van der Waals surface area contributed by atoms with Crippen molar-refractivity contribution in [1.29, 1.82) is 0 Å². The summed E-state index contributed by atoms with van der Waals surface area (Å²) >= 11 is 3.26. The van der Waals surface area contributed by atoms with Gasteiger partial charge in [0.25, 0.3) is 11.5 Å². The van der Waals surface area contributed by atoms with Crippen LogP contribution in [0.3, 0.4) is 0 Å². The standard InChI is InChI=1S/C10H13BrN2O2/c1-12-5-3-8(7-9(12)14)10(15)13(2)6-4-11/h3,5,7H,4,6H2,1-2H3. The Hall–Kier alpha value is -1.10. The third-order valence-electron chi connectivity index (χ3n) is 2.12. The Morgan fingerprint density at radius 2 is 2.27 bits per heavy atom. The molecule has 4 nitrogen and oxygen atoms in total. The molecule has 5 heteroatoms. The molecule has 0 bridgehead atoms. The lowest BCUT2D eigenvalue weighted by Gasteiger charge is -2.15. The van der Waals surface area contributed by atoms with Crippen LogP contribution in [0, 0.1) is 0 Å². The number of halogens is 1. The maximum atomic E-state index is 11.8. The summed E-state index contributed by atoms with van der Waals surface area (Å²) in [4.78, 5) is 24.6. The van der Waals surface area contributed by atoms with Gasteiger partial charge in [-0.25, -0.2) is 0 Å². The van der Waals surface area contributed by atoms with E-state index in [1.165, 1.54) is 10.6 Å². The van der Waals surface area contributed by atoms with Gasteiger partial charge in [-0.05, 0) is 6.07 Å². The fourth-order valence-electron chi connectivity index (χ4n) is 1.13. The summed E-state index contributed by atoms with van der Waals surface area (Å²) in [6, 6.07) is 3.00. The lowest BCUT2D eigenvalue weighted by Crippen LogP contribution is -2.30. The van der Waals surface area contributed by atoms with Gasteiger partial charge in [-0.15, -0.1) is 0 Å². The number of aryl methyl sites for hydroxylation is 1. The van der Waals surface area contributed by atoms with E-state index in [0.717, 1.165) is 5.33 Å². The average molecular weight is 273 g/mol. The second-order valence-electron chi connectivity index (χ2n) is 3.28. The van der Waals surface area contributed by atoms with Gasteiger partial charge >= 0.3 is 0 Å². The van der Waals surface area contributed by atoms with E-state index in [0.29, 0.717) is 12.1 Å². The highest BCUT2D eigenvalue weighted by molar-refractivity contribution is 9.09. The number of carbonyl (C=O) groups excluding carboxylic acids is 1. The average Bonchev–Trinajstić information content (AvgIpc) is 2.21. The smallest absolute Gasteiger partial charge is 0.253 e. The van der Waals surface area contributed by atoms with E-state index in [1.807, 2.05) is 0 Å². The largest absolute Gasteiger partial charge is 0.341 e. The third-order valence-corrected chi connectivity index (χ3v) is 2.47. The van der Waals surface area contributed by atoms with Gasteiger partial charge in [-0.3, -0.25) is 9.59 Å². The van der Waals surface area contributed by atoms with Gasteiger partial charge in [0.15, 0.2) is 0 Å². The van der Waals surface area contributed by atoms with E-state index in [9.17, 15) is 9.59 Å². The van der Waals surface area contributed by atoms with Crippen LogP contribution >= 0.6 is 15.9 Å². The fourth-order valence-corrected chi connectivity index (χ4v) is 1.66. The number of hydrogen-bond donors (Lipinski definition) is 0. The van der Waals surface area contributed by atoms with Crippen molar-refractivity contribution < 1.29 is 4.79 Å². The Morgan fingerprint density at radius 1 is 1.60 bits per heavy atom. The van der Waals surface area contributed by atoms with E-state index in [4.69, 9.17) is 0 Å². The number of nitrogens with zero attached hydrogens (tertiary/aromatic N) is 2. The highest BCUT2D eigenvalue weighted by Crippen LogP contribution is 2.00. The summed E-state index contributed by atoms with van der Waals surface area (Å²) in [5.74, 6) is -0.132. The van der Waals surface area contributed by atoms with Crippen LogP contribution < -0.4 is 5.56 Å². The van der Waals surface area contributed by atoms with Crippen LogP contribution in [0.25, 0.3) is 0 Å². The molecule has 82 valence electrons. The maximum Gasteiger partial charge on any atom is 0.253 e. The molecule has 1 rings (SSSR count). The summed E-state index contributed by atoms with van der Waals surface area (Å²) in [6.07, 6.45) is 1.59. The van der Waals surface area contributed by atoms with E-state index < -0.39 is 0 Å². The van der Waals surface area contributed by atoms with Crippen molar-refractivity contribution in [3.8, 4) is 0 Å². The first kappa shape index (κ1) is 12.0. The van der Waals surface area contributed by atoms with E-state index in [1.54, 1.807) is 31.3 Å². The molecule has 0 fully saturated rings. The molecule has 0 aliphatic heterocycles. The zero-order valence-corrected chi connectivity index (χ0v) is 10.3. The monoisotopic (exact) mass is 272 g/mol. The van der Waals surface area contributed by atoms with Crippen molar-refractivity contribution in [2.45, 2.75) is 0 Å². The predicted octanol–water partition coefficient (Wildman–Crippen LogP) is 0.852. The van der Waals surface area contributed by atoms with Gasteiger partial charge in [0.05, 0.1) is 0 Å². The molecule has 1 aromatic heterocycles. The lowest BCUT2D eigenvalue weighted by molar-refractivity contribution is 0.0803. The Bertz CT molecular complexity index is 414. The second kappa shape index (κ2) is 5.11. The quantitative estimate of drug-likeness (QED) is 0.766. The molecule has 0 aliphatic rings. The Balaban J connectivity index is 2.92. The third kappa shape index (κ3) is 2.92. The van der Waals surface area contributed by atoms with Crippen LogP contribution in [0.2, 0.25) is 0 Å². The normalized spacial score (nSPS) is 10.1. The molecular weight excluding hydrogens is 260 g/mol. The number of hydrogen-bond acceptors (Lipinski definition) is 2. The molecule has 1 amide bonds. The number of pyridine rings is 1. The number of rotatable bonds is 3. The summed E-state index contributed by atoms with van der Waals surface area (Å²) in [7, 11) is 3.36. The van der Waals surface area contributed by atoms with Gasteiger partial charge in [-0.2, -0.15) is 0 Å². The Morgan fingerprint density at radius 3 is 2.80 bits per heavy atom.